The number of aromatic nitrogens is 2. The van der Waals surface area contributed by atoms with E-state index in [2.05, 4.69) is 39.8 Å². The Hall–Kier alpha value is -4.64. The van der Waals surface area contributed by atoms with E-state index in [1.54, 1.807) is 12.1 Å². The minimum absolute atomic E-state index is 0.118. The first-order chi connectivity index (χ1) is 16.7. The molecule has 0 spiro atoms. The largest absolute Gasteiger partial charge is 0.508 e. The lowest BCUT2D eigenvalue weighted by atomic mass is 10.0. The fourth-order valence-electron chi connectivity index (χ4n) is 4.51. The normalized spacial score (nSPS) is 11.6. The maximum Gasteiger partial charge on any atom is 0.255 e. The molecule has 0 aliphatic heterocycles. The molecule has 5 heteroatoms. The lowest BCUT2D eigenvalue weighted by Gasteiger charge is -2.07. The number of aromatic amines is 1. The Morgan fingerprint density at radius 3 is 2.24 bits per heavy atom. The minimum Gasteiger partial charge on any atom is -0.508 e. The van der Waals surface area contributed by atoms with Crippen molar-refractivity contribution in [1.29, 1.82) is 0 Å². The Kier molecular flexibility index (Phi) is 4.73. The number of benzene rings is 4. The highest BCUT2D eigenvalue weighted by Gasteiger charge is 2.26. The molecular formula is C29H21N3O2. The fourth-order valence-corrected chi connectivity index (χ4v) is 4.51. The zero-order valence-corrected chi connectivity index (χ0v) is 18.2. The van der Waals surface area contributed by atoms with Crippen LogP contribution in [0.15, 0.2) is 97.1 Å². The quantitative estimate of drug-likeness (QED) is 0.300. The Labute approximate surface area is 196 Å². The van der Waals surface area contributed by atoms with E-state index in [1.165, 1.54) is 0 Å². The highest BCUT2D eigenvalue weighted by atomic mass is 16.3. The van der Waals surface area contributed by atoms with Crippen molar-refractivity contribution in [3.63, 3.8) is 0 Å². The number of nitrogens with zero attached hydrogens (tertiary/aromatic N) is 1. The summed E-state index contributed by atoms with van der Waals surface area (Å²) in [6.07, 6.45) is 0.725. The highest BCUT2D eigenvalue weighted by molar-refractivity contribution is 6.05. The molecule has 0 atom stereocenters. The molecule has 0 fully saturated rings. The van der Waals surface area contributed by atoms with Crippen LogP contribution < -0.4 is 5.32 Å². The molecule has 5 nitrogen and oxygen atoms in total. The number of rotatable bonds is 4. The molecule has 34 heavy (non-hydrogen) atoms. The SMILES string of the molecule is O=C(Nc1ccccc1)c1ccc2c(c1)Cc1c(-c3ccc(-c4ccc(O)cc4)cc3)n[nH]c1-2. The van der Waals surface area contributed by atoms with Gasteiger partial charge in [0, 0.05) is 34.4 Å². The number of anilines is 1. The molecular weight excluding hydrogens is 422 g/mol. The monoisotopic (exact) mass is 443 g/mol. The van der Waals surface area contributed by atoms with Gasteiger partial charge < -0.3 is 10.4 Å². The van der Waals surface area contributed by atoms with Crippen LogP contribution in [0, 0.1) is 0 Å². The van der Waals surface area contributed by atoms with Crippen LogP contribution in [0.5, 0.6) is 5.75 Å². The maximum atomic E-state index is 12.7. The van der Waals surface area contributed by atoms with Crippen molar-refractivity contribution in [2.75, 3.05) is 5.32 Å². The second kappa shape index (κ2) is 8.05. The summed E-state index contributed by atoms with van der Waals surface area (Å²) < 4.78 is 0. The Balaban J connectivity index is 1.25. The summed E-state index contributed by atoms with van der Waals surface area (Å²) in [6.45, 7) is 0. The summed E-state index contributed by atoms with van der Waals surface area (Å²) in [5.74, 6) is 0.139. The van der Waals surface area contributed by atoms with E-state index in [9.17, 15) is 9.90 Å². The van der Waals surface area contributed by atoms with Crippen molar-refractivity contribution in [2.24, 2.45) is 0 Å². The predicted octanol–water partition coefficient (Wildman–Crippen LogP) is 6.27. The lowest BCUT2D eigenvalue weighted by molar-refractivity contribution is 0.102. The van der Waals surface area contributed by atoms with Crippen LogP contribution in [-0.2, 0) is 6.42 Å². The highest BCUT2D eigenvalue weighted by Crippen LogP contribution is 2.40. The van der Waals surface area contributed by atoms with E-state index in [0.29, 0.717) is 5.56 Å². The number of fused-ring (bicyclic) bond motifs is 3. The molecule has 6 rings (SSSR count). The van der Waals surface area contributed by atoms with Gasteiger partial charge in [0.05, 0.1) is 11.4 Å². The van der Waals surface area contributed by atoms with Gasteiger partial charge >= 0.3 is 0 Å². The van der Waals surface area contributed by atoms with E-state index in [-0.39, 0.29) is 11.7 Å². The Bertz CT molecular complexity index is 1500. The molecule has 1 heterocycles. The zero-order valence-electron chi connectivity index (χ0n) is 18.2. The van der Waals surface area contributed by atoms with Crippen LogP contribution in [0.3, 0.4) is 0 Å². The predicted molar refractivity (Wildman–Crippen MR) is 134 cm³/mol. The Morgan fingerprint density at radius 1 is 0.824 bits per heavy atom. The number of nitrogens with one attached hydrogen (secondary N) is 2. The number of H-pyrrole nitrogens is 1. The van der Waals surface area contributed by atoms with Crippen molar-refractivity contribution in [2.45, 2.75) is 6.42 Å². The van der Waals surface area contributed by atoms with Crippen LogP contribution in [0.2, 0.25) is 0 Å². The van der Waals surface area contributed by atoms with E-state index in [1.807, 2.05) is 60.7 Å². The summed E-state index contributed by atoms with van der Waals surface area (Å²) in [4.78, 5) is 12.7. The van der Waals surface area contributed by atoms with Gasteiger partial charge in [-0.25, -0.2) is 0 Å². The van der Waals surface area contributed by atoms with Crippen LogP contribution in [0.1, 0.15) is 21.5 Å². The van der Waals surface area contributed by atoms with E-state index in [0.717, 1.165) is 56.9 Å². The number of amides is 1. The molecule has 1 aliphatic carbocycles. The van der Waals surface area contributed by atoms with Gasteiger partial charge in [-0.2, -0.15) is 5.10 Å². The molecule has 0 saturated heterocycles. The smallest absolute Gasteiger partial charge is 0.255 e. The van der Waals surface area contributed by atoms with Crippen molar-refractivity contribution in [3.05, 3.63) is 114 Å². The van der Waals surface area contributed by atoms with Crippen molar-refractivity contribution in [1.82, 2.24) is 10.2 Å². The first-order valence-corrected chi connectivity index (χ1v) is 11.1. The summed E-state index contributed by atoms with van der Waals surface area (Å²) in [5.41, 5.74) is 9.88. The molecule has 1 amide bonds. The van der Waals surface area contributed by atoms with Crippen LogP contribution >= 0.6 is 0 Å². The van der Waals surface area contributed by atoms with Crippen LogP contribution in [0.4, 0.5) is 5.69 Å². The number of phenolic OH excluding ortho intramolecular Hbond substituents is 1. The summed E-state index contributed by atoms with van der Waals surface area (Å²) >= 11 is 0. The van der Waals surface area contributed by atoms with E-state index >= 15 is 0 Å². The summed E-state index contributed by atoms with van der Waals surface area (Å²) in [6, 6.07) is 30.8. The molecule has 1 aliphatic rings. The number of phenols is 1. The molecule has 164 valence electrons. The number of carbonyl (C=O) groups is 1. The van der Waals surface area contributed by atoms with Gasteiger partial charge in [-0.3, -0.25) is 9.89 Å². The number of carbonyl (C=O) groups excluding carboxylic acids is 1. The molecule has 0 radical (unpaired) electrons. The lowest BCUT2D eigenvalue weighted by Crippen LogP contribution is -2.12. The zero-order chi connectivity index (χ0) is 23.1. The third-order valence-electron chi connectivity index (χ3n) is 6.26. The minimum atomic E-state index is -0.118. The van der Waals surface area contributed by atoms with Crippen molar-refractivity contribution in [3.8, 4) is 39.4 Å². The molecule has 1 aromatic heterocycles. The van der Waals surface area contributed by atoms with Gasteiger partial charge in [0.1, 0.15) is 5.75 Å². The molecule has 4 aromatic carbocycles. The van der Waals surface area contributed by atoms with Crippen molar-refractivity contribution >= 4 is 11.6 Å². The fraction of sp³-hybridized carbons (Fsp3) is 0.0345. The average Bonchev–Trinajstić information content (AvgIpc) is 3.44. The first-order valence-electron chi connectivity index (χ1n) is 11.1. The van der Waals surface area contributed by atoms with Gasteiger partial charge in [-0.05, 0) is 53.1 Å². The second-order valence-corrected chi connectivity index (χ2v) is 8.42. The van der Waals surface area contributed by atoms with E-state index < -0.39 is 0 Å². The first kappa shape index (κ1) is 20.0. The van der Waals surface area contributed by atoms with Gasteiger partial charge in [-0.1, -0.05) is 60.7 Å². The van der Waals surface area contributed by atoms with Gasteiger partial charge in [0.2, 0.25) is 0 Å². The van der Waals surface area contributed by atoms with Crippen LogP contribution in [0.25, 0.3) is 33.6 Å². The molecule has 5 aromatic rings. The van der Waals surface area contributed by atoms with Gasteiger partial charge in [0.25, 0.3) is 5.91 Å². The molecule has 0 unspecified atom stereocenters. The average molecular weight is 444 g/mol. The summed E-state index contributed by atoms with van der Waals surface area (Å²) in [7, 11) is 0. The number of hydrogen-bond donors (Lipinski definition) is 3. The van der Waals surface area contributed by atoms with Gasteiger partial charge in [-0.15, -0.1) is 0 Å². The topological polar surface area (TPSA) is 78.0 Å². The Morgan fingerprint density at radius 2 is 1.50 bits per heavy atom. The van der Waals surface area contributed by atoms with Crippen LogP contribution in [-0.4, -0.2) is 21.2 Å². The van der Waals surface area contributed by atoms with E-state index in [4.69, 9.17) is 0 Å². The third kappa shape index (κ3) is 3.53. The molecule has 0 saturated carbocycles. The molecule has 3 N–H and O–H groups in total. The number of hydrogen-bond acceptors (Lipinski definition) is 3. The maximum absolute atomic E-state index is 12.7. The van der Waals surface area contributed by atoms with Gasteiger partial charge in [0.15, 0.2) is 0 Å². The number of para-hydroxylation sites is 1. The third-order valence-corrected chi connectivity index (χ3v) is 6.26. The standard InChI is InChI=1S/C29H21N3O2/c33-24-13-10-19(11-14-24)18-6-8-20(9-7-18)27-26-17-22-16-21(12-15-25(22)28(26)32-31-27)29(34)30-23-4-2-1-3-5-23/h1-16,33H,17H2,(H,30,34)(H,31,32). The summed E-state index contributed by atoms with van der Waals surface area (Å²) in [5, 5.41) is 20.3. The molecule has 0 bridgehead atoms. The number of aromatic hydroxyl groups is 1. The second-order valence-electron chi connectivity index (χ2n) is 8.42. The van der Waals surface area contributed by atoms with Crippen molar-refractivity contribution < 1.29 is 9.90 Å².